The van der Waals surface area contributed by atoms with Crippen molar-refractivity contribution in [1.29, 1.82) is 0 Å². The van der Waals surface area contributed by atoms with Gasteiger partial charge in [0.05, 0.1) is 6.10 Å². The zero-order valence-corrected chi connectivity index (χ0v) is 8.54. The van der Waals surface area contributed by atoms with Gasteiger partial charge in [0.15, 0.2) is 0 Å². The first kappa shape index (κ1) is 12.4. The molecule has 0 radical (unpaired) electrons. The standard InChI is InChI=1S/C9H19NO3/c1-7(8(2)13-3)10-6-4-5-9(11)12/h7-8,10H,4-6H2,1-3H3,(H,11,12). The molecule has 0 fully saturated rings. The fraction of sp³-hybridized carbons (Fsp3) is 0.889. The number of ether oxygens (including phenoxy) is 1. The summed E-state index contributed by atoms with van der Waals surface area (Å²) in [5.41, 5.74) is 0. The second-order valence-electron chi connectivity index (χ2n) is 3.18. The lowest BCUT2D eigenvalue weighted by Crippen LogP contribution is -2.37. The van der Waals surface area contributed by atoms with E-state index in [-0.39, 0.29) is 18.6 Å². The highest BCUT2D eigenvalue weighted by Gasteiger charge is 2.09. The number of methoxy groups -OCH3 is 1. The monoisotopic (exact) mass is 189 g/mol. The predicted octanol–water partition coefficient (Wildman–Crippen LogP) is 0.864. The van der Waals surface area contributed by atoms with Gasteiger partial charge in [0, 0.05) is 19.6 Å². The van der Waals surface area contributed by atoms with Gasteiger partial charge in [-0.1, -0.05) is 0 Å². The number of carbonyl (C=O) groups is 1. The molecule has 2 atom stereocenters. The number of hydrogen-bond acceptors (Lipinski definition) is 3. The average Bonchev–Trinajstić information content (AvgIpc) is 2.10. The van der Waals surface area contributed by atoms with Crippen molar-refractivity contribution < 1.29 is 14.6 Å². The van der Waals surface area contributed by atoms with Gasteiger partial charge < -0.3 is 15.2 Å². The van der Waals surface area contributed by atoms with Gasteiger partial charge in [-0.2, -0.15) is 0 Å². The highest BCUT2D eigenvalue weighted by molar-refractivity contribution is 5.66. The zero-order chi connectivity index (χ0) is 10.3. The van der Waals surface area contributed by atoms with Gasteiger partial charge >= 0.3 is 5.97 Å². The molecule has 4 heteroatoms. The van der Waals surface area contributed by atoms with Crippen LogP contribution in [0.2, 0.25) is 0 Å². The van der Waals surface area contributed by atoms with Gasteiger partial charge in [-0.15, -0.1) is 0 Å². The molecule has 0 saturated carbocycles. The smallest absolute Gasteiger partial charge is 0.303 e. The quantitative estimate of drug-likeness (QED) is 0.583. The Kier molecular flexibility index (Phi) is 6.54. The first-order chi connectivity index (χ1) is 6.07. The first-order valence-corrected chi connectivity index (χ1v) is 4.56. The van der Waals surface area contributed by atoms with Gasteiger partial charge in [0.25, 0.3) is 0 Å². The fourth-order valence-electron chi connectivity index (χ4n) is 0.939. The molecule has 0 spiro atoms. The van der Waals surface area contributed by atoms with Crippen molar-refractivity contribution in [3.05, 3.63) is 0 Å². The summed E-state index contributed by atoms with van der Waals surface area (Å²) in [6.45, 7) is 4.73. The van der Waals surface area contributed by atoms with Crippen LogP contribution in [0.3, 0.4) is 0 Å². The molecule has 78 valence electrons. The summed E-state index contributed by atoms with van der Waals surface area (Å²) in [6.07, 6.45) is 1.04. The maximum atomic E-state index is 10.2. The van der Waals surface area contributed by atoms with Crippen LogP contribution in [0, 0.1) is 0 Å². The van der Waals surface area contributed by atoms with Crippen LogP contribution in [0.4, 0.5) is 0 Å². The molecular weight excluding hydrogens is 170 g/mol. The normalized spacial score (nSPS) is 15.3. The highest BCUT2D eigenvalue weighted by Crippen LogP contribution is 1.96. The minimum atomic E-state index is -0.741. The molecule has 0 aromatic rings. The van der Waals surface area contributed by atoms with Crippen molar-refractivity contribution in [1.82, 2.24) is 5.32 Å². The molecule has 0 aromatic heterocycles. The Hall–Kier alpha value is -0.610. The maximum Gasteiger partial charge on any atom is 0.303 e. The number of rotatable bonds is 7. The van der Waals surface area contributed by atoms with Gasteiger partial charge in [-0.3, -0.25) is 4.79 Å². The Labute approximate surface area is 79.3 Å². The molecular formula is C9H19NO3. The van der Waals surface area contributed by atoms with E-state index in [0.29, 0.717) is 6.42 Å². The molecule has 0 bridgehead atoms. The van der Waals surface area contributed by atoms with Crippen LogP contribution in [-0.2, 0) is 9.53 Å². The van der Waals surface area contributed by atoms with Crippen LogP contribution in [0.25, 0.3) is 0 Å². The van der Waals surface area contributed by atoms with Crippen LogP contribution in [0.15, 0.2) is 0 Å². The van der Waals surface area contributed by atoms with Crippen molar-refractivity contribution in [2.75, 3.05) is 13.7 Å². The number of carboxylic acids is 1. The Balaban J connectivity index is 3.36. The number of carboxylic acid groups (broad SMARTS) is 1. The molecule has 0 aliphatic rings. The molecule has 0 amide bonds. The SMILES string of the molecule is COC(C)C(C)NCCCC(=O)O. The molecule has 0 saturated heterocycles. The third-order valence-corrected chi connectivity index (χ3v) is 2.11. The van der Waals surface area contributed by atoms with E-state index < -0.39 is 5.97 Å². The number of nitrogens with one attached hydrogen (secondary N) is 1. The molecule has 0 heterocycles. The Morgan fingerprint density at radius 2 is 2.15 bits per heavy atom. The molecule has 0 rings (SSSR count). The second kappa shape index (κ2) is 6.86. The van der Waals surface area contributed by atoms with E-state index in [1.165, 1.54) is 0 Å². The van der Waals surface area contributed by atoms with Crippen molar-refractivity contribution in [3.8, 4) is 0 Å². The Bertz CT molecular complexity index is 150. The van der Waals surface area contributed by atoms with Gasteiger partial charge in [0.2, 0.25) is 0 Å². The summed E-state index contributed by atoms with van der Waals surface area (Å²) in [7, 11) is 1.67. The molecule has 2 unspecified atom stereocenters. The molecule has 13 heavy (non-hydrogen) atoms. The van der Waals surface area contributed by atoms with E-state index in [2.05, 4.69) is 5.32 Å². The van der Waals surface area contributed by atoms with Crippen molar-refractivity contribution in [3.63, 3.8) is 0 Å². The lowest BCUT2D eigenvalue weighted by Gasteiger charge is -2.19. The number of aliphatic carboxylic acids is 1. The Morgan fingerprint density at radius 1 is 1.54 bits per heavy atom. The van der Waals surface area contributed by atoms with Crippen molar-refractivity contribution in [2.45, 2.75) is 38.8 Å². The van der Waals surface area contributed by atoms with E-state index in [0.717, 1.165) is 6.54 Å². The summed E-state index contributed by atoms with van der Waals surface area (Å²) in [6, 6.07) is 0.263. The lowest BCUT2D eigenvalue weighted by atomic mass is 10.2. The third kappa shape index (κ3) is 6.54. The molecule has 2 N–H and O–H groups in total. The Morgan fingerprint density at radius 3 is 2.62 bits per heavy atom. The summed E-state index contributed by atoms with van der Waals surface area (Å²) >= 11 is 0. The average molecular weight is 189 g/mol. The second-order valence-corrected chi connectivity index (χ2v) is 3.18. The third-order valence-electron chi connectivity index (χ3n) is 2.11. The van der Waals surface area contributed by atoms with Gasteiger partial charge in [-0.25, -0.2) is 0 Å². The van der Waals surface area contributed by atoms with Gasteiger partial charge in [0.1, 0.15) is 0 Å². The molecule has 0 aliphatic heterocycles. The minimum Gasteiger partial charge on any atom is -0.481 e. The highest BCUT2D eigenvalue weighted by atomic mass is 16.5. The zero-order valence-electron chi connectivity index (χ0n) is 8.54. The summed E-state index contributed by atoms with van der Waals surface area (Å²) in [4.78, 5) is 10.2. The summed E-state index contributed by atoms with van der Waals surface area (Å²) in [5, 5.41) is 11.6. The summed E-state index contributed by atoms with van der Waals surface area (Å²) in [5.74, 6) is -0.741. The van der Waals surface area contributed by atoms with Crippen LogP contribution in [0.1, 0.15) is 26.7 Å². The maximum absolute atomic E-state index is 10.2. The van der Waals surface area contributed by atoms with Gasteiger partial charge in [-0.05, 0) is 26.8 Å². The molecule has 0 aliphatic carbocycles. The largest absolute Gasteiger partial charge is 0.481 e. The summed E-state index contributed by atoms with van der Waals surface area (Å²) < 4.78 is 5.11. The molecule has 0 aromatic carbocycles. The topological polar surface area (TPSA) is 58.6 Å². The van der Waals surface area contributed by atoms with E-state index in [1.807, 2.05) is 13.8 Å². The van der Waals surface area contributed by atoms with E-state index in [9.17, 15) is 4.79 Å². The van der Waals surface area contributed by atoms with Crippen LogP contribution in [0.5, 0.6) is 0 Å². The van der Waals surface area contributed by atoms with Crippen molar-refractivity contribution >= 4 is 5.97 Å². The molecule has 4 nitrogen and oxygen atoms in total. The fourth-order valence-corrected chi connectivity index (χ4v) is 0.939. The van der Waals surface area contributed by atoms with E-state index in [4.69, 9.17) is 9.84 Å². The van der Waals surface area contributed by atoms with Crippen molar-refractivity contribution in [2.24, 2.45) is 0 Å². The van der Waals surface area contributed by atoms with E-state index >= 15 is 0 Å². The lowest BCUT2D eigenvalue weighted by molar-refractivity contribution is -0.137. The number of hydrogen-bond donors (Lipinski definition) is 2. The van der Waals surface area contributed by atoms with Crippen LogP contribution < -0.4 is 5.32 Å². The minimum absolute atomic E-state index is 0.157. The van der Waals surface area contributed by atoms with E-state index in [1.54, 1.807) is 7.11 Å². The van der Waals surface area contributed by atoms with Crippen LogP contribution >= 0.6 is 0 Å². The predicted molar refractivity (Wildman–Crippen MR) is 50.8 cm³/mol. The first-order valence-electron chi connectivity index (χ1n) is 4.56. The van der Waals surface area contributed by atoms with Crippen LogP contribution in [-0.4, -0.2) is 36.9 Å².